The number of benzene rings is 1. The molecule has 0 aliphatic carbocycles. The van der Waals surface area contributed by atoms with Crippen molar-refractivity contribution in [2.45, 2.75) is 56.7 Å². The predicted octanol–water partition coefficient (Wildman–Crippen LogP) is 2.43. The molecule has 1 aromatic rings. The fourth-order valence-corrected chi connectivity index (χ4v) is 4.80. The summed E-state index contributed by atoms with van der Waals surface area (Å²) in [4.78, 5) is 12.0. The van der Waals surface area contributed by atoms with Crippen molar-refractivity contribution >= 4 is 28.3 Å². The molecule has 0 spiro atoms. The molecule has 0 atom stereocenters. The Labute approximate surface area is 169 Å². The Hall–Kier alpha value is -1.15. The third kappa shape index (κ3) is 8.60. The van der Waals surface area contributed by atoms with Crippen molar-refractivity contribution in [1.82, 2.24) is 9.62 Å². The van der Waals surface area contributed by atoms with Crippen LogP contribution in [0.4, 0.5) is 0 Å². The Morgan fingerprint density at radius 1 is 1.07 bits per heavy atom. The van der Waals surface area contributed by atoms with Crippen LogP contribution in [-0.4, -0.2) is 44.3 Å². The number of piperidine rings is 1. The summed E-state index contributed by atoms with van der Waals surface area (Å²) in [6, 6.07) is 9.32. The first-order valence-electron chi connectivity index (χ1n) is 9.52. The maximum atomic E-state index is 12.5. The summed E-state index contributed by atoms with van der Waals surface area (Å²) < 4.78 is 26.6. The first-order chi connectivity index (χ1) is 12.5. The molecule has 1 heterocycles. The van der Waals surface area contributed by atoms with Crippen molar-refractivity contribution in [3.05, 3.63) is 35.9 Å². The zero-order chi connectivity index (χ0) is 18.8. The van der Waals surface area contributed by atoms with Gasteiger partial charge in [-0.25, -0.2) is 12.7 Å². The van der Waals surface area contributed by atoms with Crippen molar-refractivity contribution < 1.29 is 13.2 Å². The molecular formula is C19H32ClN3O3S. The van der Waals surface area contributed by atoms with Crippen molar-refractivity contribution in [1.29, 1.82) is 0 Å². The molecule has 8 heteroatoms. The zero-order valence-electron chi connectivity index (χ0n) is 15.8. The van der Waals surface area contributed by atoms with Gasteiger partial charge in [-0.05, 0) is 37.8 Å². The number of carbonyl (C=O) groups excluding carboxylic acids is 1. The van der Waals surface area contributed by atoms with Gasteiger partial charge >= 0.3 is 0 Å². The second kappa shape index (κ2) is 12.3. The molecule has 0 bridgehead atoms. The summed E-state index contributed by atoms with van der Waals surface area (Å²) in [5, 5.41) is 3.05. The molecule has 1 aliphatic rings. The summed E-state index contributed by atoms with van der Waals surface area (Å²) in [6.07, 6.45) is 5.88. The maximum Gasteiger partial charge on any atom is 0.220 e. The van der Waals surface area contributed by atoms with Gasteiger partial charge in [-0.2, -0.15) is 0 Å². The quantitative estimate of drug-likeness (QED) is 0.572. The number of hydrogen-bond donors (Lipinski definition) is 2. The van der Waals surface area contributed by atoms with E-state index < -0.39 is 10.0 Å². The zero-order valence-corrected chi connectivity index (χ0v) is 17.4. The van der Waals surface area contributed by atoms with Crippen LogP contribution in [0.25, 0.3) is 0 Å². The first-order valence-corrected chi connectivity index (χ1v) is 11.1. The standard InChI is InChI=1S/C19H31N3O3S.ClH/c20-13-7-2-1-6-10-19(23)21-18-11-14-22(15-12-18)26(24,25)16-17-8-4-3-5-9-17;/h3-5,8-9,18H,1-2,6-7,10-16,20H2,(H,21,23);1H. The number of sulfonamides is 1. The van der Waals surface area contributed by atoms with Gasteiger partial charge in [0.25, 0.3) is 0 Å². The maximum absolute atomic E-state index is 12.5. The van der Waals surface area contributed by atoms with Gasteiger partial charge in [0.2, 0.25) is 15.9 Å². The Kier molecular flexibility index (Phi) is 10.9. The van der Waals surface area contributed by atoms with E-state index in [4.69, 9.17) is 5.73 Å². The molecular weight excluding hydrogens is 386 g/mol. The largest absolute Gasteiger partial charge is 0.353 e. The minimum Gasteiger partial charge on any atom is -0.353 e. The van der Waals surface area contributed by atoms with Crippen LogP contribution in [0.2, 0.25) is 0 Å². The lowest BCUT2D eigenvalue weighted by Gasteiger charge is -2.31. The second-order valence-electron chi connectivity index (χ2n) is 6.94. The number of nitrogens with zero attached hydrogens (tertiary/aromatic N) is 1. The first kappa shape index (κ1) is 23.9. The van der Waals surface area contributed by atoms with Crippen LogP contribution in [0, 0.1) is 0 Å². The highest BCUT2D eigenvalue weighted by atomic mass is 35.5. The van der Waals surface area contributed by atoms with E-state index in [0.29, 0.717) is 38.9 Å². The SMILES string of the molecule is Cl.NCCCCCCC(=O)NC1CCN(S(=O)(=O)Cc2ccccc2)CC1. The van der Waals surface area contributed by atoms with E-state index in [1.165, 1.54) is 0 Å². The van der Waals surface area contributed by atoms with Crippen molar-refractivity contribution in [2.75, 3.05) is 19.6 Å². The van der Waals surface area contributed by atoms with Crippen LogP contribution >= 0.6 is 12.4 Å². The number of halogens is 1. The fraction of sp³-hybridized carbons (Fsp3) is 0.632. The van der Waals surface area contributed by atoms with E-state index in [0.717, 1.165) is 31.2 Å². The Bertz CT molecular complexity index is 647. The molecule has 0 saturated carbocycles. The normalized spacial score (nSPS) is 15.9. The van der Waals surface area contributed by atoms with E-state index >= 15 is 0 Å². The number of nitrogens with two attached hydrogens (primary N) is 1. The lowest BCUT2D eigenvalue weighted by Crippen LogP contribution is -2.46. The molecule has 1 fully saturated rings. The summed E-state index contributed by atoms with van der Waals surface area (Å²) in [5.74, 6) is 0.108. The molecule has 1 aliphatic heterocycles. The molecule has 1 amide bonds. The van der Waals surface area contributed by atoms with Gasteiger partial charge in [-0.15, -0.1) is 12.4 Å². The molecule has 3 N–H and O–H groups in total. The predicted molar refractivity (Wildman–Crippen MR) is 111 cm³/mol. The topological polar surface area (TPSA) is 92.5 Å². The number of rotatable bonds is 10. The highest BCUT2D eigenvalue weighted by Gasteiger charge is 2.28. The number of carbonyl (C=O) groups is 1. The van der Waals surface area contributed by atoms with E-state index in [1.807, 2.05) is 30.3 Å². The van der Waals surface area contributed by atoms with Crippen LogP contribution in [0.15, 0.2) is 30.3 Å². The van der Waals surface area contributed by atoms with E-state index in [2.05, 4.69) is 5.32 Å². The van der Waals surface area contributed by atoms with E-state index in [-0.39, 0.29) is 30.1 Å². The van der Waals surface area contributed by atoms with Gasteiger partial charge in [0.15, 0.2) is 0 Å². The smallest absolute Gasteiger partial charge is 0.220 e. The molecule has 1 saturated heterocycles. The minimum atomic E-state index is -3.30. The minimum absolute atomic E-state index is 0. The summed E-state index contributed by atoms with van der Waals surface area (Å²) >= 11 is 0. The Morgan fingerprint density at radius 2 is 1.70 bits per heavy atom. The van der Waals surface area contributed by atoms with Crippen molar-refractivity contribution in [3.63, 3.8) is 0 Å². The molecule has 154 valence electrons. The van der Waals surface area contributed by atoms with E-state index in [1.54, 1.807) is 4.31 Å². The summed E-state index contributed by atoms with van der Waals surface area (Å²) in [5.41, 5.74) is 6.26. The van der Waals surface area contributed by atoms with Gasteiger partial charge in [0, 0.05) is 25.6 Å². The summed E-state index contributed by atoms with van der Waals surface area (Å²) in [6.45, 7) is 1.64. The average molecular weight is 418 g/mol. The number of hydrogen-bond acceptors (Lipinski definition) is 4. The lowest BCUT2D eigenvalue weighted by molar-refractivity contribution is -0.122. The molecule has 2 rings (SSSR count). The molecule has 0 aromatic heterocycles. The van der Waals surface area contributed by atoms with Crippen LogP contribution < -0.4 is 11.1 Å². The monoisotopic (exact) mass is 417 g/mol. The second-order valence-corrected chi connectivity index (χ2v) is 8.90. The van der Waals surface area contributed by atoms with Crippen LogP contribution in [0.3, 0.4) is 0 Å². The highest BCUT2D eigenvalue weighted by Crippen LogP contribution is 2.18. The molecule has 0 unspecified atom stereocenters. The summed E-state index contributed by atoms with van der Waals surface area (Å²) in [7, 11) is -3.30. The third-order valence-corrected chi connectivity index (χ3v) is 6.61. The Morgan fingerprint density at radius 3 is 2.33 bits per heavy atom. The van der Waals surface area contributed by atoms with Gasteiger partial charge in [0.1, 0.15) is 0 Å². The highest BCUT2D eigenvalue weighted by molar-refractivity contribution is 7.88. The van der Waals surface area contributed by atoms with Gasteiger partial charge in [0.05, 0.1) is 5.75 Å². The molecule has 1 aromatic carbocycles. The van der Waals surface area contributed by atoms with Crippen molar-refractivity contribution in [2.24, 2.45) is 5.73 Å². The number of unbranched alkanes of at least 4 members (excludes halogenated alkanes) is 3. The lowest BCUT2D eigenvalue weighted by atomic mass is 10.1. The van der Waals surface area contributed by atoms with Gasteiger partial charge in [-0.3, -0.25) is 4.79 Å². The molecule has 27 heavy (non-hydrogen) atoms. The molecule has 6 nitrogen and oxygen atoms in total. The van der Waals surface area contributed by atoms with Gasteiger partial charge < -0.3 is 11.1 Å². The van der Waals surface area contributed by atoms with E-state index in [9.17, 15) is 13.2 Å². The third-order valence-electron chi connectivity index (χ3n) is 4.76. The van der Waals surface area contributed by atoms with Crippen LogP contribution in [0.5, 0.6) is 0 Å². The number of amides is 1. The Balaban J connectivity index is 0.00000364. The molecule has 0 radical (unpaired) electrons. The fourth-order valence-electron chi connectivity index (χ4n) is 3.24. The average Bonchev–Trinajstić information content (AvgIpc) is 2.62. The van der Waals surface area contributed by atoms with Gasteiger partial charge in [-0.1, -0.05) is 43.2 Å². The van der Waals surface area contributed by atoms with Crippen LogP contribution in [-0.2, 0) is 20.6 Å². The van der Waals surface area contributed by atoms with Crippen molar-refractivity contribution in [3.8, 4) is 0 Å². The number of nitrogens with one attached hydrogen (secondary N) is 1. The van der Waals surface area contributed by atoms with Crippen LogP contribution in [0.1, 0.15) is 50.5 Å².